The summed E-state index contributed by atoms with van der Waals surface area (Å²) >= 11 is 0. The van der Waals surface area contributed by atoms with Crippen LogP contribution in [0.4, 0.5) is 0 Å². The van der Waals surface area contributed by atoms with Crippen LogP contribution in [-0.4, -0.2) is 41.3 Å². The maximum absolute atomic E-state index is 10.4. The normalized spacial score (nSPS) is 19.3. The average molecular weight is 225 g/mol. The Bertz CT molecular complexity index is 354. The molecular formula is C11H15NO4. The summed E-state index contributed by atoms with van der Waals surface area (Å²) in [7, 11) is 0. The van der Waals surface area contributed by atoms with E-state index in [-0.39, 0.29) is 12.2 Å². The van der Waals surface area contributed by atoms with E-state index in [0.717, 1.165) is 25.2 Å². The highest BCUT2D eigenvalue weighted by atomic mass is 16.5. The van der Waals surface area contributed by atoms with Crippen molar-refractivity contribution in [1.82, 2.24) is 4.90 Å². The van der Waals surface area contributed by atoms with Crippen LogP contribution in [0.15, 0.2) is 23.0 Å². The first-order chi connectivity index (χ1) is 7.57. The number of ether oxygens (including phenoxy) is 1. The SMILES string of the molecule is CC1(OCC(=O)O)CN(Cc2ccoc2)C1. The molecule has 1 aromatic heterocycles. The van der Waals surface area contributed by atoms with Crippen LogP contribution < -0.4 is 0 Å². The first-order valence-electron chi connectivity index (χ1n) is 5.17. The minimum Gasteiger partial charge on any atom is -0.480 e. The summed E-state index contributed by atoms with van der Waals surface area (Å²) in [5.74, 6) is -0.922. The van der Waals surface area contributed by atoms with Crippen LogP contribution in [0.3, 0.4) is 0 Å². The molecule has 1 fully saturated rings. The Balaban J connectivity index is 1.74. The van der Waals surface area contributed by atoms with E-state index < -0.39 is 5.97 Å². The molecular weight excluding hydrogens is 210 g/mol. The third kappa shape index (κ3) is 2.62. The van der Waals surface area contributed by atoms with Gasteiger partial charge in [-0.15, -0.1) is 0 Å². The molecule has 0 atom stereocenters. The standard InChI is InChI=1S/C11H15NO4/c1-11(16-6-10(13)14)7-12(8-11)4-9-2-3-15-5-9/h2-3,5H,4,6-8H2,1H3,(H,13,14). The van der Waals surface area contributed by atoms with E-state index >= 15 is 0 Å². The van der Waals surface area contributed by atoms with Crippen molar-refractivity contribution >= 4 is 5.97 Å². The van der Waals surface area contributed by atoms with E-state index in [1.54, 1.807) is 12.5 Å². The van der Waals surface area contributed by atoms with Crippen molar-refractivity contribution in [3.8, 4) is 0 Å². The maximum Gasteiger partial charge on any atom is 0.329 e. The van der Waals surface area contributed by atoms with Crippen LogP contribution in [0.5, 0.6) is 0 Å². The molecule has 5 nitrogen and oxygen atoms in total. The Kier molecular flexibility index (Phi) is 2.98. The predicted molar refractivity (Wildman–Crippen MR) is 56.0 cm³/mol. The lowest BCUT2D eigenvalue weighted by Crippen LogP contribution is -2.61. The molecule has 88 valence electrons. The molecule has 1 aliphatic rings. The topological polar surface area (TPSA) is 62.9 Å². The van der Waals surface area contributed by atoms with E-state index in [0.29, 0.717) is 0 Å². The molecule has 16 heavy (non-hydrogen) atoms. The lowest BCUT2D eigenvalue weighted by Gasteiger charge is -2.47. The van der Waals surface area contributed by atoms with Gasteiger partial charge in [0.15, 0.2) is 0 Å². The number of furan rings is 1. The second-order valence-corrected chi connectivity index (χ2v) is 4.41. The molecule has 2 heterocycles. The molecule has 0 saturated carbocycles. The van der Waals surface area contributed by atoms with Gasteiger partial charge >= 0.3 is 5.97 Å². The Morgan fingerprint density at radius 2 is 2.44 bits per heavy atom. The number of rotatable bonds is 5. The number of carbonyl (C=O) groups is 1. The molecule has 1 aliphatic heterocycles. The van der Waals surface area contributed by atoms with E-state index in [4.69, 9.17) is 14.3 Å². The fraction of sp³-hybridized carbons (Fsp3) is 0.545. The zero-order valence-electron chi connectivity index (χ0n) is 9.18. The summed E-state index contributed by atoms with van der Waals surface area (Å²) in [5, 5.41) is 8.52. The van der Waals surface area contributed by atoms with Crippen molar-refractivity contribution in [3.05, 3.63) is 24.2 Å². The predicted octanol–water partition coefficient (Wildman–Crippen LogP) is 0.955. The van der Waals surface area contributed by atoms with Crippen LogP contribution in [0, 0.1) is 0 Å². The highest BCUT2D eigenvalue weighted by Gasteiger charge is 2.39. The Hall–Kier alpha value is -1.33. The summed E-state index contributed by atoms with van der Waals surface area (Å²) in [4.78, 5) is 12.6. The van der Waals surface area contributed by atoms with Crippen LogP contribution in [0.2, 0.25) is 0 Å². The van der Waals surface area contributed by atoms with Crippen molar-refractivity contribution in [1.29, 1.82) is 0 Å². The van der Waals surface area contributed by atoms with Crippen LogP contribution in [-0.2, 0) is 16.1 Å². The molecule has 0 aliphatic carbocycles. The van der Waals surface area contributed by atoms with Crippen molar-refractivity contribution in [2.45, 2.75) is 19.1 Å². The zero-order valence-corrected chi connectivity index (χ0v) is 9.18. The van der Waals surface area contributed by atoms with Crippen LogP contribution >= 0.6 is 0 Å². The van der Waals surface area contributed by atoms with Gasteiger partial charge in [-0.25, -0.2) is 4.79 Å². The van der Waals surface area contributed by atoms with E-state index in [1.165, 1.54) is 0 Å². The fourth-order valence-corrected chi connectivity index (χ4v) is 1.98. The Morgan fingerprint density at radius 1 is 1.69 bits per heavy atom. The number of hydrogen-bond donors (Lipinski definition) is 1. The number of likely N-dealkylation sites (tertiary alicyclic amines) is 1. The van der Waals surface area contributed by atoms with Gasteiger partial charge in [0.1, 0.15) is 6.61 Å². The minimum atomic E-state index is -0.922. The van der Waals surface area contributed by atoms with Crippen molar-refractivity contribution in [3.63, 3.8) is 0 Å². The van der Waals surface area contributed by atoms with Crippen molar-refractivity contribution in [2.75, 3.05) is 19.7 Å². The van der Waals surface area contributed by atoms with Gasteiger partial charge in [-0.05, 0) is 13.0 Å². The molecule has 0 radical (unpaired) electrons. The van der Waals surface area contributed by atoms with Gasteiger partial charge < -0.3 is 14.3 Å². The minimum absolute atomic E-state index is 0.226. The van der Waals surface area contributed by atoms with Gasteiger partial charge in [0.05, 0.1) is 18.1 Å². The molecule has 2 rings (SSSR count). The number of nitrogens with zero attached hydrogens (tertiary/aromatic N) is 1. The first kappa shape index (κ1) is 11.2. The summed E-state index contributed by atoms with van der Waals surface area (Å²) in [6.07, 6.45) is 3.36. The summed E-state index contributed by atoms with van der Waals surface area (Å²) < 4.78 is 10.3. The van der Waals surface area contributed by atoms with Gasteiger partial charge in [-0.3, -0.25) is 4.90 Å². The second-order valence-electron chi connectivity index (χ2n) is 4.41. The first-order valence-corrected chi connectivity index (χ1v) is 5.17. The van der Waals surface area contributed by atoms with Crippen LogP contribution in [0.25, 0.3) is 0 Å². The van der Waals surface area contributed by atoms with E-state index in [1.807, 2.05) is 13.0 Å². The molecule has 0 amide bonds. The lowest BCUT2D eigenvalue weighted by atomic mass is 9.96. The third-order valence-corrected chi connectivity index (χ3v) is 2.65. The maximum atomic E-state index is 10.4. The van der Waals surface area contributed by atoms with Crippen molar-refractivity contribution < 1.29 is 19.1 Å². The smallest absolute Gasteiger partial charge is 0.329 e. The van der Waals surface area contributed by atoms with Gasteiger partial charge in [0, 0.05) is 25.2 Å². The molecule has 0 aromatic carbocycles. The number of carboxylic acids is 1. The molecule has 1 saturated heterocycles. The zero-order chi connectivity index (χ0) is 11.6. The van der Waals surface area contributed by atoms with E-state index in [9.17, 15) is 4.79 Å². The largest absolute Gasteiger partial charge is 0.480 e. The van der Waals surface area contributed by atoms with E-state index in [2.05, 4.69) is 4.90 Å². The summed E-state index contributed by atoms with van der Waals surface area (Å²) in [6, 6.07) is 1.92. The monoisotopic (exact) mass is 225 g/mol. The van der Waals surface area contributed by atoms with Gasteiger partial charge in [-0.2, -0.15) is 0 Å². The molecule has 1 N–H and O–H groups in total. The lowest BCUT2D eigenvalue weighted by molar-refractivity contribution is -0.165. The van der Waals surface area contributed by atoms with Gasteiger partial charge in [0.25, 0.3) is 0 Å². The Labute approximate surface area is 93.6 Å². The number of aliphatic carboxylic acids is 1. The molecule has 0 bridgehead atoms. The van der Waals surface area contributed by atoms with Gasteiger partial charge in [0.2, 0.25) is 0 Å². The highest BCUT2D eigenvalue weighted by Crippen LogP contribution is 2.26. The summed E-state index contributed by atoms with van der Waals surface area (Å²) in [5.41, 5.74) is 0.808. The summed E-state index contributed by atoms with van der Waals surface area (Å²) in [6.45, 7) is 4.04. The quantitative estimate of drug-likeness (QED) is 0.808. The fourth-order valence-electron chi connectivity index (χ4n) is 1.98. The van der Waals surface area contributed by atoms with Crippen LogP contribution in [0.1, 0.15) is 12.5 Å². The number of hydrogen-bond acceptors (Lipinski definition) is 4. The molecule has 0 unspecified atom stereocenters. The average Bonchev–Trinajstić information content (AvgIpc) is 2.65. The molecule has 0 spiro atoms. The third-order valence-electron chi connectivity index (χ3n) is 2.65. The molecule has 1 aromatic rings. The van der Waals surface area contributed by atoms with Crippen molar-refractivity contribution in [2.24, 2.45) is 0 Å². The van der Waals surface area contributed by atoms with Gasteiger partial charge in [-0.1, -0.05) is 0 Å². The highest BCUT2D eigenvalue weighted by molar-refractivity contribution is 5.68. The molecule has 5 heteroatoms. The Morgan fingerprint density at radius 3 is 3.00 bits per heavy atom. The second kappa shape index (κ2) is 4.27. The number of carboxylic acid groups (broad SMARTS) is 1.